The average molecular weight is 368 g/mol. The number of aromatic hydroxyl groups is 1. The van der Waals surface area contributed by atoms with E-state index in [1.165, 1.54) is 0 Å². The molecule has 0 unspecified atom stereocenters. The molecular formula is C22H26NO4+. The van der Waals surface area contributed by atoms with Crippen LogP contribution in [0.5, 0.6) is 11.5 Å². The largest absolute Gasteiger partial charge is 0.508 e. The van der Waals surface area contributed by atoms with Crippen molar-refractivity contribution in [3.8, 4) is 11.5 Å². The van der Waals surface area contributed by atoms with Crippen molar-refractivity contribution in [1.29, 1.82) is 0 Å². The van der Waals surface area contributed by atoms with Crippen LogP contribution in [0.4, 0.5) is 0 Å². The van der Waals surface area contributed by atoms with E-state index >= 15 is 0 Å². The third kappa shape index (κ3) is 5.20. The molecule has 0 spiro atoms. The monoisotopic (exact) mass is 368 g/mol. The summed E-state index contributed by atoms with van der Waals surface area (Å²) in [5, 5.41) is 34.0. The molecule has 0 amide bonds. The number of phenolic OH excluding ortho intramolecular Hbond substituents is 1. The highest BCUT2D eigenvalue weighted by molar-refractivity contribution is 5.83. The van der Waals surface area contributed by atoms with Crippen LogP contribution >= 0.6 is 0 Å². The molecule has 5 nitrogen and oxygen atoms in total. The van der Waals surface area contributed by atoms with Crippen LogP contribution in [0.2, 0.25) is 0 Å². The van der Waals surface area contributed by atoms with Crippen LogP contribution in [0.1, 0.15) is 18.6 Å². The fourth-order valence-electron chi connectivity index (χ4n) is 2.99. The number of hydrogen-bond acceptors (Lipinski definition) is 4. The standard InChI is InChI=1S/C22H25NO4/c1-15(22(26)17-6-9-19(24)10-7-17)23-13-20(25)14-27-21-11-8-16-4-2-3-5-18(16)12-21/h2-12,15,20,22-26H,13-14H2,1H3/p+1/t15-,20-,22-/m1/s1. The van der Waals surface area contributed by atoms with Crippen LogP contribution < -0.4 is 10.1 Å². The molecule has 0 aliphatic rings. The molecule has 27 heavy (non-hydrogen) atoms. The van der Waals surface area contributed by atoms with Crippen molar-refractivity contribution in [2.45, 2.75) is 25.2 Å². The number of nitrogens with two attached hydrogens (primary N) is 1. The minimum Gasteiger partial charge on any atom is -0.508 e. The lowest BCUT2D eigenvalue weighted by atomic mass is 10.0. The SMILES string of the molecule is C[C@@H]([NH2+]C[C@@H](O)COc1ccc2ccccc2c1)[C@@H](O)c1ccc(O)cc1. The molecule has 0 heterocycles. The topological polar surface area (TPSA) is 86.5 Å². The number of benzene rings is 3. The Morgan fingerprint density at radius 2 is 1.63 bits per heavy atom. The Hall–Kier alpha value is -2.60. The number of rotatable bonds is 8. The Labute approximate surface area is 158 Å². The lowest BCUT2D eigenvalue weighted by molar-refractivity contribution is -0.699. The zero-order valence-corrected chi connectivity index (χ0v) is 15.3. The number of phenols is 1. The fraction of sp³-hybridized carbons (Fsp3) is 0.273. The Bertz CT molecular complexity index is 866. The van der Waals surface area contributed by atoms with Crippen LogP contribution in [0.25, 0.3) is 10.8 Å². The molecule has 0 radical (unpaired) electrons. The number of ether oxygens (including phenoxy) is 1. The van der Waals surface area contributed by atoms with Gasteiger partial charge in [0.15, 0.2) is 0 Å². The van der Waals surface area contributed by atoms with Gasteiger partial charge in [0.05, 0.1) is 0 Å². The summed E-state index contributed by atoms with van der Waals surface area (Å²) < 4.78 is 5.71. The Kier molecular flexibility index (Phi) is 6.29. The molecule has 5 N–H and O–H groups in total. The molecule has 0 aliphatic carbocycles. The van der Waals surface area contributed by atoms with Crippen molar-refractivity contribution in [2.24, 2.45) is 0 Å². The summed E-state index contributed by atoms with van der Waals surface area (Å²) >= 11 is 0. The van der Waals surface area contributed by atoms with Gasteiger partial charge >= 0.3 is 0 Å². The second-order valence-electron chi connectivity index (χ2n) is 6.84. The van der Waals surface area contributed by atoms with Crippen LogP contribution in [0, 0.1) is 0 Å². The van der Waals surface area contributed by atoms with E-state index in [2.05, 4.69) is 0 Å². The van der Waals surface area contributed by atoms with E-state index in [4.69, 9.17) is 4.74 Å². The van der Waals surface area contributed by atoms with Gasteiger partial charge in [0.2, 0.25) is 0 Å². The molecule has 0 fully saturated rings. The predicted octanol–water partition coefficient (Wildman–Crippen LogP) is 1.97. The molecule has 3 rings (SSSR count). The van der Waals surface area contributed by atoms with E-state index in [1.54, 1.807) is 24.3 Å². The van der Waals surface area contributed by atoms with Crippen molar-refractivity contribution in [2.75, 3.05) is 13.2 Å². The molecule has 3 aromatic carbocycles. The van der Waals surface area contributed by atoms with Crippen LogP contribution in [0.3, 0.4) is 0 Å². The third-order valence-electron chi connectivity index (χ3n) is 4.68. The molecule has 0 saturated heterocycles. The second kappa shape index (κ2) is 8.86. The first kappa shape index (κ1) is 19.2. The minimum absolute atomic E-state index is 0.134. The zero-order chi connectivity index (χ0) is 19.2. The molecule has 0 aliphatic heterocycles. The maximum atomic E-state index is 10.4. The van der Waals surface area contributed by atoms with Gasteiger partial charge in [0.1, 0.15) is 42.9 Å². The third-order valence-corrected chi connectivity index (χ3v) is 4.68. The predicted molar refractivity (Wildman–Crippen MR) is 105 cm³/mol. The summed E-state index contributed by atoms with van der Waals surface area (Å²) in [6, 6.07) is 20.3. The fourth-order valence-corrected chi connectivity index (χ4v) is 2.99. The number of aliphatic hydroxyl groups is 2. The number of aliphatic hydroxyl groups excluding tert-OH is 2. The summed E-state index contributed by atoms with van der Waals surface area (Å²) in [7, 11) is 0. The van der Waals surface area contributed by atoms with Gasteiger partial charge in [-0.2, -0.15) is 0 Å². The number of quaternary nitrogens is 1. The van der Waals surface area contributed by atoms with Crippen molar-refractivity contribution in [3.05, 3.63) is 72.3 Å². The van der Waals surface area contributed by atoms with Crippen LogP contribution in [0.15, 0.2) is 66.7 Å². The van der Waals surface area contributed by atoms with Gasteiger partial charge in [-0.15, -0.1) is 0 Å². The minimum atomic E-state index is -0.681. The van der Waals surface area contributed by atoms with Gasteiger partial charge in [0, 0.05) is 0 Å². The quantitative estimate of drug-likeness (QED) is 0.490. The van der Waals surface area contributed by atoms with E-state index in [0.717, 1.165) is 22.1 Å². The van der Waals surface area contributed by atoms with Crippen molar-refractivity contribution in [3.63, 3.8) is 0 Å². The van der Waals surface area contributed by atoms with Gasteiger partial charge in [-0.1, -0.05) is 42.5 Å². The van der Waals surface area contributed by atoms with Gasteiger partial charge in [-0.3, -0.25) is 0 Å². The van der Waals surface area contributed by atoms with E-state index in [0.29, 0.717) is 6.54 Å². The lowest BCUT2D eigenvalue weighted by Gasteiger charge is -2.19. The number of hydrogen-bond donors (Lipinski definition) is 4. The second-order valence-corrected chi connectivity index (χ2v) is 6.84. The van der Waals surface area contributed by atoms with Crippen molar-refractivity contribution in [1.82, 2.24) is 0 Å². The molecule has 0 bridgehead atoms. The van der Waals surface area contributed by atoms with E-state index < -0.39 is 12.2 Å². The average Bonchev–Trinajstić information content (AvgIpc) is 2.70. The highest BCUT2D eigenvalue weighted by Gasteiger charge is 2.20. The van der Waals surface area contributed by atoms with E-state index in [-0.39, 0.29) is 18.4 Å². The summed E-state index contributed by atoms with van der Waals surface area (Å²) in [5.41, 5.74) is 0.735. The van der Waals surface area contributed by atoms with Crippen molar-refractivity contribution < 1.29 is 25.4 Å². The van der Waals surface area contributed by atoms with Gasteiger partial charge in [0.25, 0.3) is 0 Å². The lowest BCUT2D eigenvalue weighted by Crippen LogP contribution is -2.92. The van der Waals surface area contributed by atoms with Crippen LogP contribution in [-0.2, 0) is 0 Å². The maximum absolute atomic E-state index is 10.4. The molecule has 0 saturated carbocycles. The highest BCUT2D eigenvalue weighted by Crippen LogP contribution is 2.21. The zero-order valence-electron chi connectivity index (χ0n) is 15.3. The highest BCUT2D eigenvalue weighted by atomic mass is 16.5. The Morgan fingerprint density at radius 1 is 0.926 bits per heavy atom. The normalized spacial score (nSPS) is 14.6. The summed E-state index contributed by atoms with van der Waals surface area (Å²) in [5.74, 6) is 0.897. The molecule has 0 aromatic heterocycles. The molecular weight excluding hydrogens is 342 g/mol. The maximum Gasteiger partial charge on any atom is 0.137 e. The molecule has 3 atom stereocenters. The van der Waals surface area contributed by atoms with Crippen molar-refractivity contribution >= 4 is 10.8 Å². The molecule has 5 heteroatoms. The Balaban J connectivity index is 1.47. The van der Waals surface area contributed by atoms with Gasteiger partial charge in [-0.05, 0) is 47.5 Å². The summed E-state index contributed by atoms with van der Waals surface area (Å²) in [6.07, 6.45) is -1.33. The molecule has 3 aromatic rings. The van der Waals surface area contributed by atoms with Gasteiger partial charge < -0.3 is 25.4 Å². The number of fused-ring (bicyclic) bond motifs is 1. The van der Waals surface area contributed by atoms with E-state index in [9.17, 15) is 15.3 Å². The summed E-state index contributed by atoms with van der Waals surface area (Å²) in [4.78, 5) is 0. The first-order valence-corrected chi connectivity index (χ1v) is 9.13. The first-order valence-electron chi connectivity index (χ1n) is 9.13. The summed E-state index contributed by atoms with van der Waals surface area (Å²) in [6.45, 7) is 2.51. The smallest absolute Gasteiger partial charge is 0.137 e. The van der Waals surface area contributed by atoms with E-state index in [1.807, 2.05) is 54.7 Å². The van der Waals surface area contributed by atoms with Crippen LogP contribution in [-0.4, -0.2) is 40.6 Å². The van der Waals surface area contributed by atoms with Gasteiger partial charge in [-0.25, -0.2) is 0 Å². The first-order chi connectivity index (χ1) is 13.0. The Morgan fingerprint density at radius 3 is 2.37 bits per heavy atom. The molecule has 142 valence electrons.